The highest BCUT2D eigenvalue weighted by molar-refractivity contribution is 6.30. The van der Waals surface area contributed by atoms with E-state index in [0.29, 0.717) is 5.02 Å². The van der Waals surface area contributed by atoms with Gasteiger partial charge in [0.2, 0.25) is 0 Å². The van der Waals surface area contributed by atoms with E-state index in [0.717, 1.165) is 48.2 Å². The van der Waals surface area contributed by atoms with Crippen molar-refractivity contribution in [3.8, 4) is 0 Å². The van der Waals surface area contributed by atoms with Crippen LogP contribution in [0.4, 0.5) is 11.4 Å². The summed E-state index contributed by atoms with van der Waals surface area (Å²) in [5, 5.41) is 13.0. The maximum atomic E-state index is 11.3. The minimum atomic E-state index is -0.968. The summed E-state index contributed by atoms with van der Waals surface area (Å²) < 4.78 is 0. The van der Waals surface area contributed by atoms with Crippen LogP contribution in [0.25, 0.3) is 0 Å². The van der Waals surface area contributed by atoms with Crippen molar-refractivity contribution >= 4 is 41.4 Å². The van der Waals surface area contributed by atoms with Crippen molar-refractivity contribution in [1.29, 1.82) is 0 Å². The first-order chi connectivity index (χ1) is 10.1. The maximum Gasteiger partial charge on any atom is 0.354 e. The van der Waals surface area contributed by atoms with Gasteiger partial charge in [-0.3, -0.25) is 4.98 Å². The molecule has 0 aromatic carbocycles. The lowest BCUT2D eigenvalue weighted by atomic mass is 9.89. The molecule has 2 N–H and O–H groups in total. The number of nitrogens with one attached hydrogen (secondary N) is 1. The van der Waals surface area contributed by atoms with Gasteiger partial charge in [-0.2, -0.15) is 0 Å². The minimum absolute atomic E-state index is 0. The van der Waals surface area contributed by atoms with E-state index in [9.17, 15) is 9.90 Å². The van der Waals surface area contributed by atoms with Crippen LogP contribution >= 0.6 is 24.0 Å². The van der Waals surface area contributed by atoms with E-state index in [1.54, 1.807) is 24.7 Å². The average Bonchev–Trinajstić information content (AvgIpc) is 2.47. The third kappa shape index (κ3) is 3.31. The molecule has 1 aliphatic rings. The van der Waals surface area contributed by atoms with E-state index in [2.05, 4.69) is 15.3 Å². The van der Waals surface area contributed by atoms with Crippen molar-refractivity contribution in [2.45, 2.75) is 25.7 Å². The fourth-order valence-corrected chi connectivity index (χ4v) is 2.85. The molecule has 22 heavy (non-hydrogen) atoms. The van der Waals surface area contributed by atoms with E-state index in [4.69, 9.17) is 11.6 Å². The SMILES string of the molecule is Cl.O=C(O)c1ncc(Nc2cncc(Cl)c2)c2c1CCCC2. The molecule has 0 aliphatic heterocycles. The number of hydrogen-bond donors (Lipinski definition) is 2. The lowest BCUT2D eigenvalue weighted by Gasteiger charge is -2.21. The van der Waals surface area contributed by atoms with Crippen LogP contribution in [0.15, 0.2) is 24.7 Å². The molecule has 0 fully saturated rings. The molecular weight excluding hydrogens is 325 g/mol. The second-order valence-electron chi connectivity index (χ2n) is 5.01. The zero-order valence-electron chi connectivity index (χ0n) is 11.7. The summed E-state index contributed by atoms with van der Waals surface area (Å²) in [7, 11) is 0. The average molecular weight is 340 g/mol. The van der Waals surface area contributed by atoms with Crippen LogP contribution in [-0.4, -0.2) is 21.0 Å². The topological polar surface area (TPSA) is 75.1 Å². The number of pyridine rings is 2. The van der Waals surface area contributed by atoms with Crippen LogP contribution in [0.1, 0.15) is 34.5 Å². The number of carboxylic acid groups (broad SMARTS) is 1. The Morgan fingerprint density at radius 1 is 1.18 bits per heavy atom. The van der Waals surface area contributed by atoms with Gasteiger partial charge < -0.3 is 10.4 Å². The minimum Gasteiger partial charge on any atom is -0.477 e. The van der Waals surface area contributed by atoms with Crippen LogP contribution in [0, 0.1) is 0 Å². The van der Waals surface area contributed by atoms with Crippen LogP contribution in [0.3, 0.4) is 0 Å². The standard InChI is InChI=1S/C15H14ClN3O2.ClH/c16-9-5-10(7-17-6-9)19-13-8-18-14(15(20)21)12-4-2-1-3-11(12)13;/h5-8,19H,1-4H2,(H,20,21);1H. The molecule has 1 aliphatic carbocycles. The van der Waals surface area contributed by atoms with Crippen molar-refractivity contribution < 1.29 is 9.90 Å². The Kier molecular flexibility index (Phi) is 5.21. The van der Waals surface area contributed by atoms with Crippen molar-refractivity contribution in [2.24, 2.45) is 0 Å². The van der Waals surface area contributed by atoms with E-state index < -0.39 is 5.97 Å². The first-order valence-electron chi connectivity index (χ1n) is 6.77. The maximum absolute atomic E-state index is 11.3. The third-order valence-corrected chi connectivity index (χ3v) is 3.79. The Hall–Kier alpha value is -1.85. The number of hydrogen-bond acceptors (Lipinski definition) is 4. The largest absolute Gasteiger partial charge is 0.477 e. The summed E-state index contributed by atoms with van der Waals surface area (Å²) >= 11 is 5.93. The Morgan fingerprint density at radius 2 is 1.91 bits per heavy atom. The van der Waals surface area contributed by atoms with Gasteiger partial charge in [-0.25, -0.2) is 9.78 Å². The first kappa shape index (κ1) is 16.5. The molecule has 7 heteroatoms. The molecule has 0 atom stereocenters. The predicted molar refractivity (Wildman–Crippen MR) is 87.6 cm³/mol. The highest BCUT2D eigenvalue weighted by Crippen LogP contribution is 2.31. The number of carboxylic acids is 1. The van der Waals surface area contributed by atoms with Gasteiger partial charge in [0.1, 0.15) is 0 Å². The summed E-state index contributed by atoms with van der Waals surface area (Å²) in [6.45, 7) is 0. The normalized spacial score (nSPS) is 13.0. The van der Waals surface area contributed by atoms with E-state index >= 15 is 0 Å². The quantitative estimate of drug-likeness (QED) is 0.887. The predicted octanol–water partition coefficient (Wildman–Crippen LogP) is 3.87. The van der Waals surface area contributed by atoms with E-state index in [1.165, 1.54) is 0 Å². The molecule has 0 bridgehead atoms. The number of halogens is 2. The molecule has 0 saturated carbocycles. The van der Waals surface area contributed by atoms with Crippen molar-refractivity contribution in [3.63, 3.8) is 0 Å². The molecule has 0 saturated heterocycles. The summed E-state index contributed by atoms with van der Waals surface area (Å²) in [4.78, 5) is 19.4. The van der Waals surface area contributed by atoms with Crippen LogP contribution in [0.5, 0.6) is 0 Å². The van der Waals surface area contributed by atoms with Crippen molar-refractivity contribution in [1.82, 2.24) is 9.97 Å². The van der Waals surface area contributed by atoms with Gasteiger partial charge in [-0.05, 0) is 42.9 Å². The molecule has 2 aromatic heterocycles. The fourth-order valence-electron chi connectivity index (χ4n) is 2.68. The molecule has 2 aromatic rings. The van der Waals surface area contributed by atoms with Gasteiger partial charge in [0.25, 0.3) is 0 Å². The number of nitrogens with zero attached hydrogens (tertiary/aromatic N) is 2. The summed E-state index contributed by atoms with van der Waals surface area (Å²) in [6.07, 6.45) is 8.48. The van der Waals surface area contributed by atoms with Gasteiger partial charge in [0.05, 0.1) is 28.8 Å². The molecule has 0 radical (unpaired) electrons. The zero-order valence-corrected chi connectivity index (χ0v) is 13.2. The van der Waals surface area contributed by atoms with Gasteiger partial charge in [-0.1, -0.05) is 11.6 Å². The highest BCUT2D eigenvalue weighted by Gasteiger charge is 2.21. The Labute approximate surface area is 139 Å². The highest BCUT2D eigenvalue weighted by atomic mass is 35.5. The lowest BCUT2D eigenvalue weighted by molar-refractivity contribution is 0.0689. The van der Waals surface area contributed by atoms with Gasteiger partial charge in [0, 0.05) is 6.20 Å². The summed E-state index contributed by atoms with van der Waals surface area (Å²) in [5.74, 6) is -0.968. The van der Waals surface area contributed by atoms with Gasteiger partial charge in [-0.15, -0.1) is 12.4 Å². The van der Waals surface area contributed by atoms with Crippen LogP contribution in [0.2, 0.25) is 5.02 Å². The molecule has 0 unspecified atom stereocenters. The molecule has 3 rings (SSSR count). The molecule has 0 amide bonds. The number of aromatic nitrogens is 2. The second kappa shape index (κ2) is 6.94. The third-order valence-electron chi connectivity index (χ3n) is 3.59. The van der Waals surface area contributed by atoms with E-state index in [-0.39, 0.29) is 18.1 Å². The number of aromatic carboxylic acids is 1. The van der Waals surface area contributed by atoms with Crippen molar-refractivity contribution in [3.05, 3.63) is 46.5 Å². The van der Waals surface area contributed by atoms with Gasteiger partial charge >= 0.3 is 5.97 Å². The number of carbonyl (C=O) groups is 1. The summed E-state index contributed by atoms with van der Waals surface area (Å²) in [5.41, 5.74) is 3.64. The summed E-state index contributed by atoms with van der Waals surface area (Å²) in [6, 6.07) is 1.77. The smallest absolute Gasteiger partial charge is 0.354 e. The second-order valence-corrected chi connectivity index (χ2v) is 5.44. The van der Waals surface area contributed by atoms with Crippen molar-refractivity contribution in [2.75, 3.05) is 5.32 Å². The molecular formula is C15H15Cl2N3O2. The monoisotopic (exact) mass is 339 g/mol. The molecule has 2 heterocycles. The Morgan fingerprint density at radius 3 is 2.59 bits per heavy atom. The van der Waals surface area contributed by atoms with Gasteiger partial charge in [0.15, 0.2) is 5.69 Å². The van der Waals surface area contributed by atoms with Crippen LogP contribution in [-0.2, 0) is 12.8 Å². The molecule has 116 valence electrons. The van der Waals surface area contributed by atoms with Crippen LogP contribution < -0.4 is 5.32 Å². The number of rotatable bonds is 3. The zero-order chi connectivity index (χ0) is 14.8. The first-order valence-corrected chi connectivity index (χ1v) is 7.14. The fraction of sp³-hybridized carbons (Fsp3) is 0.267. The molecule has 5 nitrogen and oxygen atoms in total. The van der Waals surface area contributed by atoms with E-state index in [1.807, 2.05) is 0 Å². The Bertz CT molecular complexity index is 707. The lowest BCUT2D eigenvalue weighted by Crippen LogP contribution is -2.14. The molecule has 0 spiro atoms. The number of anilines is 2. The number of fused-ring (bicyclic) bond motifs is 1. The Balaban J connectivity index is 0.00000176.